The maximum absolute atomic E-state index is 13.0. The molecule has 0 aromatic heterocycles. The smallest absolute Gasteiger partial charge is 0.283 e. The van der Waals surface area contributed by atoms with Crippen LogP contribution in [0.4, 0.5) is 0 Å². The molecule has 10 heteroatoms. The molecule has 0 fully saturated rings. The first-order valence-corrected chi connectivity index (χ1v) is 10.8. The van der Waals surface area contributed by atoms with Crippen LogP contribution in [0.15, 0.2) is 54.6 Å². The van der Waals surface area contributed by atoms with E-state index < -0.39 is 20.6 Å². The summed E-state index contributed by atoms with van der Waals surface area (Å²) < 4.78 is 34.0. The van der Waals surface area contributed by atoms with Gasteiger partial charge in [-0.2, -0.15) is 8.42 Å². The van der Waals surface area contributed by atoms with E-state index in [4.69, 9.17) is 46.4 Å². The minimum absolute atomic E-state index is 0.0396. The van der Waals surface area contributed by atoms with Gasteiger partial charge < -0.3 is 10.2 Å². The van der Waals surface area contributed by atoms with Crippen molar-refractivity contribution in [1.82, 2.24) is 0 Å². The van der Waals surface area contributed by atoms with Crippen molar-refractivity contribution in [2.24, 2.45) is 0 Å². The van der Waals surface area contributed by atoms with Gasteiger partial charge in [0.1, 0.15) is 11.5 Å². The first-order chi connectivity index (χ1) is 13.5. The van der Waals surface area contributed by atoms with Crippen molar-refractivity contribution in [2.45, 2.75) is 4.75 Å². The number of benzene rings is 3. The fraction of sp³-hybridized carbons (Fsp3) is 0.0526. The Morgan fingerprint density at radius 1 is 0.759 bits per heavy atom. The predicted molar refractivity (Wildman–Crippen MR) is 114 cm³/mol. The second-order valence-corrected chi connectivity index (χ2v) is 9.34. The van der Waals surface area contributed by atoms with Gasteiger partial charge in [-0.25, -0.2) is 0 Å². The Labute approximate surface area is 186 Å². The minimum atomic E-state index is -5.07. The molecule has 0 saturated carbocycles. The van der Waals surface area contributed by atoms with Crippen LogP contribution in [0.3, 0.4) is 0 Å². The van der Waals surface area contributed by atoms with Crippen LogP contribution < -0.4 is 0 Å². The number of hydrogen-bond donors (Lipinski definition) is 3. The van der Waals surface area contributed by atoms with E-state index in [-0.39, 0.29) is 42.5 Å². The Bertz CT molecular complexity index is 1190. The summed E-state index contributed by atoms with van der Waals surface area (Å²) in [5.41, 5.74) is -0.397. The third-order valence-corrected chi connectivity index (χ3v) is 6.93. The fourth-order valence-electron chi connectivity index (χ4n) is 3.22. The lowest BCUT2D eigenvalue weighted by Crippen LogP contribution is -2.38. The molecular formula is C19H12Cl4O5S. The quantitative estimate of drug-likeness (QED) is 0.311. The molecule has 0 heterocycles. The Morgan fingerprint density at radius 3 is 1.86 bits per heavy atom. The molecule has 3 N–H and O–H groups in total. The highest BCUT2D eigenvalue weighted by molar-refractivity contribution is 7.87. The average molecular weight is 494 g/mol. The Hall–Kier alpha value is -1.67. The molecule has 0 saturated heterocycles. The zero-order valence-corrected chi connectivity index (χ0v) is 18.1. The number of hydrogen-bond acceptors (Lipinski definition) is 4. The van der Waals surface area contributed by atoms with Crippen LogP contribution in [0.5, 0.6) is 11.5 Å². The third-order valence-electron chi connectivity index (χ3n) is 4.35. The predicted octanol–water partition coefficient (Wildman–Crippen LogP) is 5.89. The number of rotatable bonds is 4. The Morgan fingerprint density at radius 2 is 1.34 bits per heavy atom. The zero-order chi connectivity index (χ0) is 21.6. The molecule has 0 aliphatic heterocycles. The highest BCUT2D eigenvalue weighted by Crippen LogP contribution is 2.51. The summed E-state index contributed by atoms with van der Waals surface area (Å²) in [6, 6.07) is 11.4. The lowest BCUT2D eigenvalue weighted by Gasteiger charge is -2.34. The van der Waals surface area contributed by atoms with E-state index >= 15 is 0 Å². The van der Waals surface area contributed by atoms with E-state index in [0.29, 0.717) is 0 Å². The van der Waals surface area contributed by atoms with Gasteiger partial charge in [-0.15, -0.1) is 0 Å². The van der Waals surface area contributed by atoms with E-state index in [2.05, 4.69) is 0 Å². The molecule has 0 aliphatic carbocycles. The van der Waals surface area contributed by atoms with Gasteiger partial charge in [0.15, 0.2) is 4.75 Å². The van der Waals surface area contributed by atoms with Crippen LogP contribution in [0.1, 0.15) is 16.7 Å². The van der Waals surface area contributed by atoms with Crippen LogP contribution in [-0.2, 0) is 14.9 Å². The van der Waals surface area contributed by atoms with E-state index in [0.717, 1.165) is 12.1 Å². The SMILES string of the molecule is O=S(=O)(O)C(c1cccc(O)c1)(c1ccc(Cl)c(O)c1)c1c(Cl)cc(Cl)cc1Cl. The highest BCUT2D eigenvalue weighted by atomic mass is 35.5. The molecule has 0 aliphatic rings. The number of halogens is 4. The van der Waals surface area contributed by atoms with Gasteiger partial charge in [-0.05, 0) is 47.5 Å². The third kappa shape index (κ3) is 3.77. The summed E-state index contributed by atoms with van der Waals surface area (Å²) in [6.07, 6.45) is 0. The van der Waals surface area contributed by atoms with Crippen LogP contribution >= 0.6 is 46.4 Å². The molecule has 3 aromatic rings. The molecule has 1 unspecified atom stereocenters. The summed E-state index contributed by atoms with van der Waals surface area (Å²) in [6.45, 7) is 0. The maximum atomic E-state index is 13.0. The van der Waals surface area contributed by atoms with Crippen LogP contribution in [0.25, 0.3) is 0 Å². The lowest BCUT2D eigenvalue weighted by atomic mass is 9.83. The molecule has 0 spiro atoms. The molecule has 0 amide bonds. The number of aromatic hydroxyl groups is 2. The van der Waals surface area contributed by atoms with E-state index in [1.54, 1.807) is 0 Å². The molecule has 29 heavy (non-hydrogen) atoms. The molecule has 0 radical (unpaired) electrons. The van der Waals surface area contributed by atoms with Gasteiger partial charge in [0.25, 0.3) is 10.1 Å². The minimum Gasteiger partial charge on any atom is -0.508 e. The van der Waals surface area contributed by atoms with Gasteiger partial charge in [0.05, 0.1) is 5.02 Å². The van der Waals surface area contributed by atoms with Crippen molar-refractivity contribution in [3.63, 3.8) is 0 Å². The summed E-state index contributed by atoms with van der Waals surface area (Å²) in [4.78, 5) is 0. The first kappa shape index (κ1) is 22.0. The maximum Gasteiger partial charge on any atom is 0.283 e. The van der Waals surface area contributed by atoms with Crippen LogP contribution in [0, 0.1) is 0 Å². The average Bonchev–Trinajstić information content (AvgIpc) is 2.59. The summed E-state index contributed by atoms with van der Waals surface area (Å²) in [5, 5.41) is 19.9. The first-order valence-electron chi connectivity index (χ1n) is 7.89. The van der Waals surface area contributed by atoms with Crippen molar-refractivity contribution >= 4 is 56.5 Å². The van der Waals surface area contributed by atoms with Gasteiger partial charge in [0, 0.05) is 20.6 Å². The van der Waals surface area contributed by atoms with Crippen molar-refractivity contribution in [1.29, 1.82) is 0 Å². The lowest BCUT2D eigenvalue weighted by molar-refractivity contribution is 0.455. The standard InChI is InChI=1S/C19H12Cl4O5S/c20-12-8-15(22)18(16(23)9-12)19(29(26,27)28,10-2-1-3-13(24)6-10)11-4-5-14(21)17(25)7-11/h1-9,24-25H,(H,26,27,28). The van der Waals surface area contributed by atoms with Gasteiger partial charge >= 0.3 is 0 Å². The van der Waals surface area contributed by atoms with Crippen LogP contribution in [0.2, 0.25) is 20.1 Å². The molecular weight excluding hydrogens is 482 g/mol. The number of phenols is 2. The van der Waals surface area contributed by atoms with Crippen LogP contribution in [-0.4, -0.2) is 23.2 Å². The van der Waals surface area contributed by atoms with Crippen molar-refractivity contribution in [3.05, 3.63) is 91.4 Å². The van der Waals surface area contributed by atoms with Crippen molar-refractivity contribution < 1.29 is 23.2 Å². The molecule has 5 nitrogen and oxygen atoms in total. The second-order valence-electron chi connectivity index (χ2n) is 6.12. The second kappa shape index (κ2) is 7.87. The molecule has 3 aromatic carbocycles. The van der Waals surface area contributed by atoms with Crippen molar-refractivity contribution in [3.8, 4) is 11.5 Å². The fourth-order valence-corrected chi connectivity index (χ4v) is 5.87. The monoisotopic (exact) mass is 492 g/mol. The van der Waals surface area contributed by atoms with Gasteiger partial charge in [-0.3, -0.25) is 4.55 Å². The molecule has 0 bridgehead atoms. The summed E-state index contributed by atoms with van der Waals surface area (Å²) in [5.74, 6) is -0.700. The Balaban J connectivity index is 2.61. The largest absolute Gasteiger partial charge is 0.508 e. The van der Waals surface area contributed by atoms with Gasteiger partial charge in [0.2, 0.25) is 0 Å². The van der Waals surface area contributed by atoms with Crippen molar-refractivity contribution in [2.75, 3.05) is 0 Å². The summed E-state index contributed by atoms with van der Waals surface area (Å²) >= 11 is 24.5. The summed E-state index contributed by atoms with van der Waals surface area (Å²) in [7, 11) is -5.07. The normalized spacial score (nSPS) is 13.8. The van der Waals surface area contributed by atoms with Gasteiger partial charge in [-0.1, -0.05) is 64.6 Å². The molecule has 3 rings (SSSR count). The highest BCUT2D eigenvalue weighted by Gasteiger charge is 2.51. The number of phenolic OH excluding ortho intramolecular Hbond substituents is 2. The molecule has 152 valence electrons. The Kier molecular flexibility index (Phi) is 5.98. The zero-order valence-electron chi connectivity index (χ0n) is 14.3. The van der Waals surface area contributed by atoms with E-state index in [1.807, 2.05) is 0 Å². The molecule has 1 atom stereocenters. The van der Waals surface area contributed by atoms with E-state index in [1.165, 1.54) is 42.5 Å². The van der Waals surface area contributed by atoms with E-state index in [9.17, 15) is 23.2 Å². The topological polar surface area (TPSA) is 94.8 Å².